The van der Waals surface area contributed by atoms with Crippen molar-refractivity contribution in [3.05, 3.63) is 56.2 Å². The second kappa shape index (κ2) is 5.91. The second-order valence-electron chi connectivity index (χ2n) is 3.94. The van der Waals surface area contributed by atoms with Gasteiger partial charge in [0.2, 0.25) is 0 Å². The summed E-state index contributed by atoms with van der Waals surface area (Å²) < 4.78 is 27.5. The van der Waals surface area contributed by atoms with Gasteiger partial charge in [-0.15, -0.1) is 11.3 Å². The number of nitrogens with one attached hydrogen (secondary N) is 1. The predicted molar refractivity (Wildman–Crippen MR) is 73.6 cm³/mol. The van der Waals surface area contributed by atoms with Crippen LogP contribution in [0.25, 0.3) is 0 Å². The minimum absolute atomic E-state index is 0.0628. The molecule has 0 fully saturated rings. The van der Waals surface area contributed by atoms with Gasteiger partial charge < -0.3 is 5.32 Å². The predicted octanol–water partition coefficient (Wildman–Crippen LogP) is 4.64. The number of benzene rings is 1. The Kier molecular flexibility index (Phi) is 4.48. The molecule has 0 saturated carbocycles. The van der Waals surface area contributed by atoms with Crippen LogP contribution in [0.5, 0.6) is 0 Å². The van der Waals surface area contributed by atoms with E-state index in [-0.39, 0.29) is 22.6 Å². The lowest BCUT2D eigenvalue weighted by Crippen LogP contribution is -2.19. The van der Waals surface area contributed by atoms with Crippen molar-refractivity contribution in [2.75, 3.05) is 0 Å². The molecule has 0 spiro atoms. The smallest absolute Gasteiger partial charge is 0.144 e. The summed E-state index contributed by atoms with van der Waals surface area (Å²) in [5.41, 5.74) is 0.0628. The number of rotatable bonds is 4. The summed E-state index contributed by atoms with van der Waals surface area (Å²) in [5.74, 6) is -1.07. The first-order chi connectivity index (χ1) is 8.59. The normalized spacial score (nSPS) is 12.7. The van der Waals surface area contributed by atoms with E-state index in [9.17, 15) is 8.78 Å². The first-order valence-corrected chi connectivity index (χ1v) is 7.16. The van der Waals surface area contributed by atoms with Gasteiger partial charge in [-0.05, 0) is 46.4 Å². The van der Waals surface area contributed by atoms with E-state index in [1.165, 1.54) is 12.1 Å². The van der Waals surface area contributed by atoms with Crippen LogP contribution in [0.1, 0.15) is 23.4 Å². The van der Waals surface area contributed by atoms with Gasteiger partial charge in [-0.1, -0.05) is 6.07 Å². The molecule has 0 aliphatic heterocycles. The van der Waals surface area contributed by atoms with Crippen molar-refractivity contribution in [3.8, 4) is 0 Å². The Hall–Kier alpha value is -0.780. The molecular weight excluding hydrogens is 320 g/mol. The van der Waals surface area contributed by atoms with Crippen molar-refractivity contribution in [2.24, 2.45) is 0 Å². The molecule has 5 heteroatoms. The van der Waals surface area contributed by atoms with E-state index >= 15 is 0 Å². The Balaban J connectivity index is 2.09. The van der Waals surface area contributed by atoms with E-state index in [2.05, 4.69) is 21.2 Å². The molecular formula is C13H12BrF2NS. The SMILES string of the molecule is C[C@H](NCc1c(F)ccc(Br)c1F)c1cccs1. The highest BCUT2D eigenvalue weighted by Crippen LogP contribution is 2.23. The van der Waals surface area contributed by atoms with E-state index < -0.39 is 11.6 Å². The van der Waals surface area contributed by atoms with Gasteiger partial charge in [0, 0.05) is 23.0 Å². The fourth-order valence-electron chi connectivity index (χ4n) is 1.62. The minimum Gasteiger partial charge on any atom is -0.305 e. The van der Waals surface area contributed by atoms with Gasteiger partial charge in [0.25, 0.3) is 0 Å². The zero-order valence-electron chi connectivity index (χ0n) is 9.71. The Labute approximate surface area is 117 Å². The summed E-state index contributed by atoms with van der Waals surface area (Å²) in [7, 11) is 0. The summed E-state index contributed by atoms with van der Waals surface area (Å²) in [6, 6.07) is 6.66. The fraction of sp³-hybridized carbons (Fsp3) is 0.231. The molecule has 2 rings (SSSR count). The highest BCUT2D eigenvalue weighted by atomic mass is 79.9. The van der Waals surface area contributed by atoms with E-state index in [4.69, 9.17) is 0 Å². The Bertz CT molecular complexity index is 528. The summed E-state index contributed by atoms with van der Waals surface area (Å²) in [4.78, 5) is 1.14. The van der Waals surface area contributed by atoms with Gasteiger partial charge in [0.1, 0.15) is 11.6 Å². The largest absolute Gasteiger partial charge is 0.305 e. The third-order valence-corrected chi connectivity index (χ3v) is 4.36. The van der Waals surface area contributed by atoms with E-state index in [0.717, 1.165) is 4.88 Å². The van der Waals surface area contributed by atoms with Crippen LogP contribution in [0.3, 0.4) is 0 Å². The summed E-state index contributed by atoms with van der Waals surface area (Å²) in [5, 5.41) is 5.10. The highest BCUT2D eigenvalue weighted by Gasteiger charge is 2.13. The zero-order valence-corrected chi connectivity index (χ0v) is 12.1. The molecule has 1 aromatic carbocycles. The van der Waals surface area contributed by atoms with E-state index in [0.29, 0.717) is 0 Å². The molecule has 1 heterocycles. The lowest BCUT2D eigenvalue weighted by Gasteiger charge is -2.13. The van der Waals surface area contributed by atoms with Crippen LogP contribution < -0.4 is 5.32 Å². The van der Waals surface area contributed by atoms with Crippen LogP contribution in [-0.4, -0.2) is 0 Å². The highest BCUT2D eigenvalue weighted by molar-refractivity contribution is 9.10. The van der Waals surface area contributed by atoms with Gasteiger partial charge in [-0.2, -0.15) is 0 Å². The molecule has 2 aromatic rings. The molecule has 0 aliphatic carbocycles. The monoisotopic (exact) mass is 331 g/mol. The van der Waals surface area contributed by atoms with Crippen LogP contribution in [0.2, 0.25) is 0 Å². The van der Waals surface area contributed by atoms with E-state index in [1.807, 2.05) is 24.4 Å². The van der Waals surface area contributed by atoms with Crippen molar-refractivity contribution in [3.63, 3.8) is 0 Å². The van der Waals surface area contributed by atoms with Crippen molar-refractivity contribution in [1.82, 2.24) is 5.32 Å². The van der Waals surface area contributed by atoms with Gasteiger partial charge in [0.05, 0.1) is 4.47 Å². The standard InChI is InChI=1S/C13H12BrF2NS/c1-8(12-3-2-6-18-12)17-7-9-11(15)5-4-10(14)13(9)16/h2-6,8,17H,7H2,1H3/t8-/m0/s1. The average Bonchev–Trinajstić information content (AvgIpc) is 2.87. The Morgan fingerprint density at radius 3 is 2.78 bits per heavy atom. The van der Waals surface area contributed by atoms with Gasteiger partial charge in [-0.25, -0.2) is 8.78 Å². The fourth-order valence-corrected chi connectivity index (χ4v) is 2.75. The van der Waals surface area contributed by atoms with Crippen LogP contribution >= 0.6 is 27.3 Å². The van der Waals surface area contributed by atoms with Crippen molar-refractivity contribution in [2.45, 2.75) is 19.5 Å². The minimum atomic E-state index is -0.541. The van der Waals surface area contributed by atoms with Crippen molar-refractivity contribution >= 4 is 27.3 Å². The molecule has 0 radical (unpaired) electrons. The van der Waals surface area contributed by atoms with Gasteiger partial charge >= 0.3 is 0 Å². The quantitative estimate of drug-likeness (QED) is 0.805. The summed E-state index contributed by atoms with van der Waals surface area (Å²) >= 11 is 4.68. The topological polar surface area (TPSA) is 12.0 Å². The van der Waals surface area contributed by atoms with Crippen molar-refractivity contribution < 1.29 is 8.78 Å². The maximum atomic E-state index is 13.7. The van der Waals surface area contributed by atoms with Gasteiger partial charge in [-0.3, -0.25) is 0 Å². The number of thiophene rings is 1. The first kappa shape index (κ1) is 13.6. The van der Waals surface area contributed by atoms with Gasteiger partial charge in [0.15, 0.2) is 0 Å². The molecule has 0 bridgehead atoms. The van der Waals surface area contributed by atoms with E-state index in [1.54, 1.807) is 11.3 Å². The van der Waals surface area contributed by atoms with Crippen LogP contribution in [-0.2, 0) is 6.54 Å². The summed E-state index contributed by atoms with van der Waals surface area (Å²) in [6.45, 7) is 2.13. The Morgan fingerprint density at radius 2 is 2.11 bits per heavy atom. The molecule has 0 unspecified atom stereocenters. The number of hydrogen-bond acceptors (Lipinski definition) is 2. The molecule has 1 N–H and O–H groups in total. The first-order valence-electron chi connectivity index (χ1n) is 5.48. The number of hydrogen-bond donors (Lipinski definition) is 1. The van der Waals surface area contributed by atoms with Crippen molar-refractivity contribution in [1.29, 1.82) is 0 Å². The third-order valence-electron chi connectivity index (χ3n) is 2.69. The van der Waals surface area contributed by atoms with Crippen LogP contribution in [0, 0.1) is 11.6 Å². The maximum absolute atomic E-state index is 13.7. The molecule has 96 valence electrons. The second-order valence-corrected chi connectivity index (χ2v) is 5.77. The Morgan fingerprint density at radius 1 is 1.33 bits per heavy atom. The lowest BCUT2D eigenvalue weighted by atomic mass is 10.2. The van der Waals surface area contributed by atoms with Crippen LogP contribution in [0.15, 0.2) is 34.1 Å². The average molecular weight is 332 g/mol. The number of halogens is 3. The molecule has 1 nitrogen and oxygen atoms in total. The molecule has 18 heavy (non-hydrogen) atoms. The molecule has 0 amide bonds. The zero-order chi connectivity index (χ0) is 13.1. The molecule has 0 aliphatic rings. The van der Waals surface area contributed by atoms with Crippen LogP contribution in [0.4, 0.5) is 8.78 Å². The molecule has 0 saturated heterocycles. The lowest BCUT2D eigenvalue weighted by molar-refractivity contribution is 0.509. The maximum Gasteiger partial charge on any atom is 0.144 e. The molecule has 1 atom stereocenters. The summed E-state index contributed by atoms with van der Waals surface area (Å²) in [6.07, 6.45) is 0. The molecule has 1 aromatic heterocycles. The third kappa shape index (κ3) is 2.96.